The average molecular weight is 344 g/mol. The van der Waals surface area contributed by atoms with Gasteiger partial charge in [-0.05, 0) is 50.1 Å². The van der Waals surface area contributed by atoms with Gasteiger partial charge in [0.05, 0.1) is 24.4 Å². The average Bonchev–Trinajstić information content (AvgIpc) is 2.96. The molecule has 0 spiro atoms. The summed E-state index contributed by atoms with van der Waals surface area (Å²) in [6, 6.07) is 9.06. The number of halogens is 1. The Morgan fingerprint density at radius 3 is 2.80 bits per heavy atom. The van der Waals surface area contributed by atoms with Gasteiger partial charge in [0, 0.05) is 6.54 Å². The van der Waals surface area contributed by atoms with E-state index in [0.29, 0.717) is 17.7 Å². The Hall–Kier alpha value is -2.47. The van der Waals surface area contributed by atoms with E-state index in [0.717, 1.165) is 0 Å². The number of ether oxygens (including phenoxy) is 1. The maximum Gasteiger partial charge on any atom is 0.273 e. The molecule has 1 aliphatic heterocycles. The Bertz CT molecular complexity index is 749. The molecule has 0 aliphatic carbocycles. The van der Waals surface area contributed by atoms with Crippen LogP contribution in [0.4, 0.5) is 4.39 Å². The van der Waals surface area contributed by atoms with Crippen LogP contribution in [-0.4, -0.2) is 39.7 Å². The Kier molecular flexibility index (Phi) is 4.99. The van der Waals surface area contributed by atoms with E-state index in [-0.39, 0.29) is 36.1 Å². The van der Waals surface area contributed by atoms with E-state index in [1.54, 1.807) is 29.2 Å². The number of aromatic nitrogens is 1. The molecule has 132 valence electrons. The minimum absolute atomic E-state index is 0.0226. The van der Waals surface area contributed by atoms with Gasteiger partial charge >= 0.3 is 0 Å². The van der Waals surface area contributed by atoms with Gasteiger partial charge in [-0.15, -0.1) is 0 Å². The van der Waals surface area contributed by atoms with Crippen molar-refractivity contribution in [3.8, 4) is 5.75 Å². The van der Waals surface area contributed by atoms with Gasteiger partial charge in [0.15, 0.2) is 0 Å². The molecule has 1 aromatic carbocycles. The van der Waals surface area contributed by atoms with Crippen molar-refractivity contribution in [2.75, 3.05) is 6.54 Å². The molecule has 1 saturated heterocycles. The molecule has 2 heterocycles. The molecule has 5 nitrogen and oxygen atoms in total. The van der Waals surface area contributed by atoms with E-state index < -0.39 is 6.10 Å². The number of aliphatic hydroxyl groups is 1. The SMILES string of the molecule is CC(C)Oc1ccc(C(=O)N2C[C@@H](O)C[C@H]2c2cccc(F)c2)nc1. The van der Waals surface area contributed by atoms with E-state index in [1.165, 1.54) is 18.3 Å². The Labute approximate surface area is 146 Å². The third-order valence-electron chi connectivity index (χ3n) is 4.10. The monoisotopic (exact) mass is 344 g/mol. The standard InChI is InChI=1S/C19H21FN2O3/c1-12(2)25-16-6-7-17(21-10-16)19(24)22-11-15(23)9-18(22)13-4-3-5-14(20)8-13/h3-8,10,12,15,18,23H,9,11H2,1-2H3/t15-,18-/m0/s1. The predicted octanol–water partition coefficient (Wildman–Crippen LogP) is 2.96. The summed E-state index contributed by atoms with van der Waals surface area (Å²) in [6.07, 6.45) is 1.27. The van der Waals surface area contributed by atoms with Crippen LogP contribution in [-0.2, 0) is 0 Å². The zero-order valence-electron chi connectivity index (χ0n) is 14.2. The van der Waals surface area contributed by atoms with Crippen molar-refractivity contribution in [2.24, 2.45) is 0 Å². The first-order valence-electron chi connectivity index (χ1n) is 8.31. The highest BCUT2D eigenvalue weighted by atomic mass is 19.1. The van der Waals surface area contributed by atoms with Crippen LogP contribution in [0.3, 0.4) is 0 Å². The number of nitrogens with zero attached hydrogens (tertiary/aromatic N) is 2. The van der Waals surface area contributed by atoms with Crippen LogP contribution in [0.15, 0.2) is 42.6 Å². The van der Waals surface area contributed by atoms with Crippen molar-refractivity contribution < 1.29 is 19.0 Å². The molecule has 6 heteroatoms. The maximum atomic E-state index is 13.5. The first-order valence-corrected chi connectivity index (χ1v) is 8.31. The normalized spacial score (nSPS) is 20.1. The topological polar surface area (TPSA) is 62.7 Å². The number of aliphatic hydroxyl groups excluding tert-OH is 1. The van der Waals surface area contributed by atoms with Crippen molar-refractivity contribution >= 4 is 5.91 Å². The number of carbonyl (C=O) groups is 1. The number of likely N-dealkylation sites (tertiary alicyclic amines) is 1. The fourth-order valence-electron chi connectivity index (χ4n) is 3.06. The van der Waals surface area contributed by atoms with Crippen LogP contribution < -0.4 is 4.74 Å². The lowest BCUT2D eigenvalue weighted by Crippen LogP contribution is -2.32. The zero-order valence-corrected chi connectivity index (χ0v) is 14.2. The van der Waals surface area contributed by atoms with E-state index >= 15 is 0 Å². The van der Waals surface area contributed by atoms with Gasteiger partial charge in [-0.1, -0.05) is 12.1 Å². The Morgan fingerprint density at radius 2 is 2.16 bits per heavy atom. The van der Waals surface area contributed by atoms with Gasteiger partial charge in [-0.2, -0.15) is 0 Å². The summed E-state index contributed by atoms with van der Waals surface area (Å²) in [5.41, 5.74) is 0.941. The van der Waals surface area contributed by atoms with E-state index in [9.17, 15) is 14.3 Å². The highest BCUT2D eigenvalue weighted by Gasteiger charge is 2.36. The summed E-state index contributed by atoms with van der Waals surface area (Å²) in [6.45, 7) is 4.02. The number of rotatable bonds is 4. The molecule has 0 radical (unpaired) electrons. The third-order valence-corrected chi connectivity index (χ3v) is 4.10. The van der Waals surface area contributed by atoms with Crippen LogP contribution in [0.5, 0.6) is 5.75 Å². The van der Waals surface area contributed by atoms with Gasteiger partial charge in [0.2, 0.25) is 0 Å². The fraction of sp³-hybridized carbons (Fsp3) is 0.368. The second-order valence-electron chi connectivity index (χ2n) is 6.46. The largest absolute Gasteiger partial charge is 0.489 e. The van der Waals surface area contributed by atoms with Gasteiger partial charge in [0.25, 0.3) is 5.91 Å². The molecular formula is C19H21FN2O3. The molecule has 3 rings (SSSR count). The van der Waals surface area contributed by atoms with Crippen LogP contribution in [0.2, 0.25) is 0 Å². The van der Waals surface area contributed by atoms with Crippen LogP contribution in [0.1, 0.15) is 42.4 Å². The van der Waals surface area contributed by atoms with Gasteiger partial charge in [-0.3, -0.25) is 4.79 Å². The van der Waals surface area contributed by atoms with Crippen molar-refractivity contribution in [3.05, 3.63) is 59.7 Å². The quantitative estimate of drug-likeness (QED) is 0.926. The van der Waals surface area contributed by atoms with Crippen LogP contribution >= 0.6 is 0 Å². The summed E-state index contributed by atoms with van der Waals surface area (Å²) in [4.78, 5) is 18.5. The van der Waals surface area contributed by atoms with E-state index in [1.807, 2.05) is 13.8 Å². The molecule has 2 aromatic rings. The van der Waals surface area contributed by atoms with Crippen molar-refractivity contribution in [3.63, 3.8) is 0 Å². The summed E-state index contributed by atoms with van der Waals surface area (Å²) < 4.78 is 19.1. The molecule has 0 unspecified atom stereocenters. The molecular weight excluding hydrogens is 323 g/mol. The lowest BCUT2D eigenvalue weighted by molar-refractivity contribution is 0.0709. The second kappa shape index (κ2) is 7.19. The van der Waals surface area contributed by atoms with Crippen molar-refractivity contribution in [1.29, 1.82) is 0 Å². The molecule has 1 fully saturated rings. The number of benzene rings is 1. The third kappa shape index (κ3) is 3.96. The lowest BCUT2D eigenvalue weighted by atomic mass is 10.0. The van der Waals surface area contributed by atoms with Gasteiger partial charge < -0.3 is 14.7 Å². The molecule has 1 N–H and O–H groups in total. The van der Waals surface area contributed by atoms with Crippen molar-refractivity contribution in [1.82, 2.24) is 9.88 Å². The molecule has 0 bridgehead atoms. The molecule has 25 heavy (non-hydrogen) atoms. The maximum absolute atomic E-state index is 13.5. The summed E-state index contributed by atoms with van der Waals surface area (Å²) in [7, 11) is 0. The summed E-state index contributed by atoms with van der Waals surface area (Å²) >= 11 is 0. The first-order chi connectivity index (χ1) is 11.9. The minimum Gasteiger partial charge on any atom is -0.489 e. The molecule has 1 amide bonds. The number of carbonyl (C=O) groups excluding carboxylic acids is 1. The molecule has 1 aliphatic rings. The van der Waals surface area contributed by atoms with E-state index in [2.05, 4.69) is 4.98 Å². The smallest absolute Gasteiger partial charge is 0.273 e. The van der Waals surface area contributed by atoms with Crippen LogP contribution in [0.25, 0.3) is 0 Å². The Balaban J connectivity index is 1.82. The highest BCUT2D eigenvalue weighted by molar-refractivity contribution is 5.93. The summed E-state index contributed by atoms with van der Waals surface area (Å²) in [5, 5.41) is 10.0. The summed E-state index contributed by atoms with van der Waals surface area (Å²) in [5.74, 6) is -0.0591. The second-order valence-corrected chi connectivity index (χ2v) is 6.46. The first kappa shape index (κ1) is 17.4. The molecule has 2 atom stereocenters. The van der Waals surface area contributed by atoms with Crippen molar-refractivity contribution in [2.45, 2.75) is 38.5 Å². The lowest BCUT2D eigenvalue weighted by Gasteiger charge is -2.24. The minimum atomic E-state index is -0.638. The number of hydrogen-bond acceptors (Lipinski definition) is 4. The fourth-order valence-corrected chi connectivity index (χ4v) is 3.06. The Morgan fingerprint density at radius 1 is 1.36 bits per heavy atom. The molecule has 0 saturated carbocycles. The highest BCUT2D eigenvalue weighted by Crippen LogP contribution is 2.33. The van der Waals surface area contributed by atoms with Gasteiger partial charge in [-0.25, -0.2) is 9.37 Å². The number of β-amino-alcohol motifs (C(OH)–C–C–N with tert-alkyl or cyclic N) is 1. The van der Waals surface area contributed by atoms with Crippen LogP contribution in [0, 0.1) is 5.82 Å². The molecule has 1 aromatic heterocycles. The number of hydrogen-bond donors (Lipinski definition) is 1. The number of pyridine rings is 1. The number of amides is 1. The van der Waals surface area contributed by atoms with E-state index in [4.69, 9.17) is 4.74 Å². The zero-order chi connectivity index (χ0) is 18.0. The van der Waals surface area contributed by atoms with Gasteiger partial charge in [0.1, 0.15) is 17.3 Å². The predicted molar refractivity (Wildman–Crippen MR) is 90.8 cm³/mol.